The van der Waals surface area contributed by atoms with Gasteiger partial charge in [-0.3, -0.25) is 0 Å². The Morgan fingerprint density at radius 2 is 2.00 bits per heavy atom. The molecule has 0 aliphatic rings. The van der Waals surface area contributed by atoms with E-state index in [0.29, 0.717) is 6.04 Å². The third-order valence-corrected chi connectivity index (χ3v) is 3.29. The quantitative estimate of drug-likeness (QED) is 0.766. The van der Waals surface area contributed by atoms with E-state index < -0.39 is 0 Å². The maximum absolute atomic E-state index is 4.38. The molecule has 1 aromatic heterocycles. The third-order valence-electron chi connectivity index (χ3n) is 3.29. The molecular weight excluding hydrogens is 198 g/mol. The fourth-order valence-electron chi connectivity index (χ4n) is 2.19. The smallest absolute Gasteiger partial charge is 0.202 e. The number of hydrogen-bond acceptors (Lipinski definition) is 2. The molecule has 1 heterocycles. The van der Waals surface area contributed by atoms with Crippen molar-refractivity contribution >= 4 is 5.95 Å². The monoisotopic (exact) mass is 223 g/mol. The van der Waals surface area contributed by atoms with Crippen LogP contribution in [0.25, 0.3) is 0 Å². The molecule has 0 fully saturated rings. The Balaban J connectivity index is 2.61. The van der Waals surface area contributed by atoms with Crippen molar-refractivity contribution in [2.45, 2.75) is 59.5 Å². The van der Waals surface area contributed by atoms with Crippen LogP contribution in [0.4, 0.5) is 5.95 Å². The highest BCUT2D eigenvalue weighted by Gasteiger charge is 2.14. The number of anilines is 1. The number of aryl methyl sites for hydroxylation is 1. The Morgan fingerprint density at radius 1 is 1.31 bits per heavy atom. The maximum Gasteiger partial charge on any atom is 0.202 e. The SMILES string of the molecule is CCCn1ccnc1NC(C)C(CC)CC. The minimum Gasteiger partial charge on any atom is -0.353 e. The lowest BCUT2D eigenvalue weighted by molar-refractivity contribution is 0.434. The van der Waals surface area contributed by atoms with Gasteiger partial charge in [-0.05, 0) is 19.3 Å². The summed E-state index contributed by atoms with van der Waals surface area (Å²) in [6, 6.07) is 0.494. The molecule has 0 amide bonds. The molecule has 1 rings (SSSR count). The highest BCUT2D eigenvalue weighted by molar-refractivity contribution is 5.27. The summed E-state index contributed by atoms with van der Waals surface area (Å²) in [7, 11) is 0. The summed E-state index contributed by atoms with van der Waals surface area (Å²) in [5, 5.41) is 3.53. The van der Waals surface area contributed by atoms with E-state index >= 15 is 0 Å². The van der Waals surface area contributed by atoms with Gasteiger partial charge >= 0.3 is 0 Å². The zero-order valence-electron chi connectivity index (χ0n) is 11.0. The molecule has 16 heavy (non-hydrogen) atoms. The predicted octanol–water partition coefficient (Wildman–Crippen LogP) is 3.53. The molecule has 0 radical (unpaired) electrons. The van der Waals surface area contributed by atoms with Crippen molar-refractivity contribution < 1.29 is 0 Å². The second kappa shape index (κ2) is 6.56. The lowest BCUT2D eigenvalue weighted by Crippen LogP contribution is -2.26. The maximum atomic E-state index is 4.38. The van der Waals surface area contributed by atoms with Gasteiger partial charge in [0.25, 0.3) is 0 Å². The second-order valence-corrected chi connectivity index (χ2v) is 4.45. The number of aromatic nitrogens is 2. The Bertz CT molecular complexity index is 289. The molecule has 0 aromatic carbocycles. The minimum absolute atomic E-state index is 0.494. The molecule has 1 unspecified atom stereocenters. The first-order valence-electron chi connectivity index (χ1n) is 6.50. The first-order chi connectivity index (χ1) is 7.72. The summed E-state index contributed by atoms with van der Waals surface area (Å²) in [5.41, 5.74) is 0. The first kappa shape index (κ1) is 13.1. The van der Waals surface area contributed by atoms with Crippen molar-refractivity contribution in [3.63, 3.8) is 0 Å². The zero-order valence-corrected chi connectivity index (χ0v) is 11.0. The molecule has 1 atom stereocenters. The predicted molar refractivity (Wildman–Crippen MR) is 69.7 cm³/mol. The van der Waals surface area contributed by atoms with Crippen molar-refractivity contribution in [2.75, 3.05) is 5.32 Å². The Morgan fingerprint density at radius 3 is 2.56 bits per heavy atom. The molecule has 0 saturated heterocycles. The van der Waals surface area contributed by atoms with E-state index in [2.05, 4.69) is 42.6 Å². The number of rotatable bonds is 7. The Labute approximate surface area is 99.3 Å². The van der Waals surface area contributed by atoms with Gasteiger partial charge in [-0.25, -0.2) is 4.98 Å². The molecule has 0 aliphatic carbocycles. The summed E-state index contributed by atoms with van der Waals surface area (Å²) < 4.78 is 2.19. The van der Waals surface area contributed by atoms with Crippen LogP contribution in [0.3, 0.4) is 0 Å². The molecule has 0 bridgehead atoms. The number of nitrogens with zero attached hydrogens (tertiary/aromatic N) is 2. The minimum atomic E-state index is 0.494. The lowest BCUT2D eigenvalue weighted by atomic mass is 9.96. The molecule has 3 nitrogen and oxygen atoms in total. The highest BCUT2D eigenvalue weighted by Crippen LogP contribution is 2.17. The summed E-state index contributed by atoms with van der Waals surface area (Å²) in [6.45, 7) is 9.99. The van der Waals surface area contributed by atoms with E-state index in [4.69, 9.17) is 0 Å². The van der Waals surface area contributed by atoms with Gasteiger partial charge in [-0.15, -0.1) is 0 Å². The van der Waals surface area contributed by atoms with Crippen LogP contribution >= 0.6 is 0 Å². The number of nitrogens with one attached hydrogen (secondary N) is 1. The van der Waals surface area contributed by atoms with E-state index in [1.165, 1.54) is 12.8 Å². The normalized spacial score (nSPS) is 13.1. The molecule has 0 aliphatic heterocycles. The molecule has 92 valence electrons. The van der Waals surface area contributed by atoms with Crippen molar-refractivity contribution in [1.82, 2.24) is 9.55 Å². The number of imidazole rings is 1. The van der Waals surface area contributed by atoms with Crippen LogP contribution in [0.1, 0.15) is 47.0 Å². The molecule has 0 saturated carbocycles. The summed E-state index contributed by atoms with van der Waals surface area (Å²) in [6.07, 6.45) is 7.51. The van der Waals surface area contributed by atoms with E-state index in [0.717, 1.165) is 24.8 Å². The summed E-state index contributed by atoms with van der Waals surface area (Å²) >= 11 is 0. The van der Waals surface area contributed by atoms with Crippen LogP contribution in [-0.4, -0.2) is 15.6 Å². The van der Waals surface area contributed by atoms with Gasteiger partial charge in [0.15, 0.2) is 0 Å². The van der Waals surface area contributed by atoms with E-state index in [1.54, 1.807) is 0 Å². The van der Waals surface area contributed by atoms with E-state index in [-0.39, 0.29) is 0 Å². The van der Waals surface area contributed by atoms with Crippen LogP contribution in [0, 0.1) is 5.92 Å². The van der Waals surface area contributed by atoms with Gasteiger partial charge < -0.3 is 9.88 Å². The molecule has 1 N–H and O–H groups in total. The van der Waals surface area contributed by atoms with Gasteiger partial charge in [0, 0.05) is 25.0 Å². The van der Waals surface area contributed by atoms with Crippen molar-refractivity contribution in [1.29, 1.82) is 0 Å². The molecule has 3 heteroatoms. The third kappa shape index (κ3) is 3.26. The summed E-state index contributed by atoms with van der Waals surface area (Å²) in [4.78, 5) is 4.38. The standard InChI is InChI=1S/C13H25N3/c1-5-9-16-10-8-14-13(16)15-11(4)12(6-2)7-3/h8,10-12H,5-7,9H2,1-4H3,(H,14,15). The van der Waals surface area contributed by atoms with Crippen molar-refractivity contribution in [2.24, 2.45) is 5.92 Å². The fraction of sp³-hybridized carbons (Fsp3) is 0.769. The van der Waals surface area contributed by atoms with Gasteiger partial charge in [-0.2, -0.15) is 0 Å². The van der Waals surface area contributed by atoms with Crippen LogP contribution in [-0.2, 0) is 6.54 Å². The highest BCUT2D eigenvalue weighted by atomic mass is 15.2. The van der Waals surface area contributed by atoms with E-state index in [1.807, 2.05) is 12.4 Å². The molecule has 0 spiro atoms. The van der Waals surface area contributed by atoms with Gasteiger partial charge in [-0.1, -0.05) is 33.6 Å². The van der Waals surface area contributed by atoms with Gasteiger partial charge in [0.1, 0.15) is 0 Å². The average molecular weight is 223 g/mol. The van der Waals surface area contributed by atoms with Crippen molar-refractivity contribution in [3.05, 3.63) is 12.4 Å². The Kier molecular flexibility index (Phi) is 5.36. The Hall–Kier alpha value is -0.990. The lowest BCUT2D eigenvalue weighted by Gasteiger charge is -2.23. The van der Waals surface area contributed by atoms with Gasteiger partial charge in [0.2, 0.25) is 5.95 Å². The topological polar surface area (TPSA) is 29.9 Å². The van der Waals surface area contributed by atoms with Crippen LogP contribution in [0.5, 0.6) is 0 Å². The fourth-order valence-corrected chi connectivity index (χ4v) is 2.19. The second-order valence-electron chi connectivity index (χ2n) is 4.45. The molecular formula is C13H25N3. The van der Waals surface area contributed by atoms with Crippen LogP contribution in [0.2, 0.25) is 0 Å². The first-order valence-corrected chi connectivity index (χ1v) is 6.50. The van der Waals surface area contributed by atoms with Gasteiger partial charge in [0.05, 0.1) is 0 Å². The number of hydrogen-bond donors (Lipinski definition) is 1. The zero-order chi connectivity index (χ0) is 12.0. The van der Waals surface area contributed by atoms with Crippen LogP contribution in [0.15, 0.2) is 12.4 Å². The van der Waals surface area contributed by atoms with Crippen LogP contribution < -0.4 is 5.32 Å². The van der Waals surface area contributed by atoms with Crippen molar-refractivity contribution in [3.8, 4) is 0 Å². The average Bonchev–Trinajstić information content (AvgIpc) is 2.68. The van der Waals surface area contributed by atoms with E-state index in [9.17, 15) is 0 Å². The largest absolute Gasteiger partial charge is 0.353 e. The summed E-state index contributed by atoms with van der Waals surface area (Å²) in [5.74, 6) is 1.74. The molecule has 1 aromatic rings.